The largest absolute Gasteiger partial charge is 0.493 e. The van der Waals surface area contributed by atoms with Gasteiger partial charge in [0.25, 0.3) is 0 Å². The van der Waals surface area contributed by atoms with Gasteiger partial charge in [-0.25, -0.2) is 0 Å². The van der Waals surface area contributed by atoms with Crippen LogP contribution in [0, 0.1) is 0 Å². The maximum Gasteiger partial charge on any atom is 0.224 e. The molecule has 0 spiro atoms. The van der Waals surface area contributed by atoms with Crippen molar-refractivity contribution in [1.82, 2.24) is 15.2 Å². The number of hydrogen-bond acceptors (Lipinski definition) is 6. The molecule has 1 aliphatic heterocycles. The fraction of sp³-hybridized carbons (Fsp3) is 0.455. The minimum Gasteiger partial charge on any atom is -0.493 e. The number of benzene rings is 1. The van der Waals surface area contributed by atoms with Crippen molar-refractivity contribution in [3.8, 4) is 17.2 Å². The van der Waals surface area contributed by atoms with Crippen LogP contribution in [0.5, 0.6) is 17.2 Å². The van der Waals surface area contributed by atoms with Gasteiger partial charge in [-0.15, -0.1) is 0 Å². The fourth-order valence-electron chi connectivity index (χ4n) is 3.69. The number of methoxy groups -OCH3 is 3. The highest BCUT2D eigenvalue weighted by molar-refractivity contribution is 5.79. The van der Waals surface area contributed by atoms with Crippen molar-refractivity contribution in [3.05, 3.63) is 47.8 Å². The van der Waals surface area contributed by atoms with Gasteiger partial charge < -0.3 is 19.5 Å². The minimum atomic E-state index is 0.00461. The lowest BCUT2D eigenvalue weighted by Crippen LogP contribution is -2.44. The van der Waals surface area contributed by atoms with E-state index in [-0.39, 0.29) is 18.4 Å². The van der Waals surface area contributed by atoms with E-state index < -0.39 is 0 Å². The molecule has 2 aromatic rings. The first-order valence-corrected chi connectivity index (χ1v) is 9.82. The van der Waals surface area contributed by atoms with E-state index in [0.29, 0.717) is 17.2 Å². The van der Waals surface area contributed by atoms with Crippen molar-refractivity contribution in [1.29, 1.82) is 0 Å². The molecule has 2 heterocycles. The normalized spacial score (nSPS) is 15.0. The number of pyridine rings is 1. The fourth-order valence-corrected chi connectivity index (χ4v) is 3.69. The Kier molecular flexibility index (Phi) is 7.30. The molecule has 3 rings (SSSR count). The first-order chi connectivity index (χ1) is 14.1. The molecule has 156 valence electrons. The highest BCUT2D eigenvalue weighted by Crippen LogP contribution is 2.38. The van der Waals surface area contributed by atoms with Gasteiger partial charge in [0.05, 0.1) is 27.8 Å². The summed E-state index contributed by atoms with van der Waals surface area (Å²) in [4.78, 5) is 19.1. The number of ether oxygens (including phenoxy) is 3. The Morgan fingerprint density at radius 3 is 2.34 bits per heavy atom. The summed E-state index contributed by atoms with van der Waals surface area (Å²) in [5.41, 5.74) is 2.04. The molecule has 0 bridgehead atoms. The topological polar surface area (TPSA) is 72.9 Å². The van der Waals surface area contributed by atoms with Gasteiger partial charge in [0.1, 0.15) is 0 Å². The quantitative estimate of drug-likeness (QED) is 0.735. The molecular formula is C22H29N3O4. The van der Waals surface area contributed by atoms with Gasteiger partial charge in [-0.05, 0) is 42.2 Å². The second-order valence-corrected chi connectivity index (χ2v) is 7.19. The van der Waals surface area contributed by atoms with Crippen LogP contribution in [0.15, 0.2) is 36.7 Å². The van der Waals surface area contributed by atoms with Crippen LogP contribution in [0.1, 0.15) is 24.0 Å². The van der Waals surface area contributed by atoms with Crippen molar-refractivity contribution in [2.45, 2.75) is 31.8 Å². The summed E-state index contributed by atoms with van der Waals surface area (Å²) in [5, 5.41) is 3.16. The predicted octanol–water partition coefficient (Wildman–Crippen LogP) is 2.43. The summed E-state index contributed by atoms with van der Waals surface area (Å²) in [6.45, 7) is 2.83. The van der Waals surface area contributed by atoms with Crippen LogP contribution in [0.2, 0.25) is 0 Å². The number of nitrogens with zero attached hydrogens (tertiary/aromatic N) is 2. The minimum absolute atomic E-state index is 0.00461. The molecule has 1 fully saturated rings. The Morgan fingerprint density at radius 2 is 1.79 bits per heavy atom. The zero-order valence-electron chi connectivity index (χ0n) is 17.3. The number of aromatic nitrogens is 1. The van der Waals surface area contributed by atoms with Gasteiger partial charge in [-0.2, -0.15) is 0 Å². The number of piperidine rings is 1. The second-order valence-electron chi connectivity index (χ2n) is 7.19. The zero-order chi connectivity index (χ0) is 20.6. The number of carbonyl (C=O) groups is 1. The summed E-state index contributed by atoms with van der Waals surface area (Å²) in [5.74, 6) is 1.64. The monoisotopic (exact) mass is 399 g/mol. The number of carbonyl (C=O) groups excluding carboxylic acids is 1. The van der Waals surface area contributed by atoms with Crippen molar-refractivity contribution in [3.63, 3.8) is 0 Å². The van der Waals surface area contributed by atoms with Crippen molar-refractivity contribution < 1.29 is 19.0 Å². The molecule has 1 N–H and O–H groups in total. The third-order valence-corrected chi connectivity index (χ3v) is 5.17. The maximum atomic E-state index is 12.6. The summed E-state index contributed by atoms with van der Waals surface area (Å²) in [7, 11) is 4.70. The molecule has 1 saturated heterocycles. The van der Waals surface area contributed by atoms with E-state index in [9.17, 15) is 4.79 Å². The average molecular weight is 399 g/mol. The van der Waals surface area contributed by atoms with Crippen LogP contribution in [0.25, 0.3) is 0 Å². The number of nitrogens with one attached hydrogen (secondary N) is 1. The lowest BCUT2D eigenvalue weighted by molar-refractivity contribution is -0.121. The Morgan fingerprint density at radius 1 is 1.10 bits per heavy atom. The highest BCUT2D eigenvalue weighted by Gasteiger charge is 2.21. The van der Waals surface area contributed by atoms with Crippen molar-refractivity contribution >= 4 is 5.91 Å². The molecule has 0 aliphatic carbocycles. The van der Waals surface area contributed by atoms with E-state index in [0.717, 1.165) is 38.0 Å². The van der Waals surface area contributed by atoms with Gasteiger partial charge in [0.15, 0.2) is 11.5 Å². The molecule has 0 saturated carbocycles. The van der Waals surface area contributed by atoms with Gasteiger partial charge in [-0.3, -0.25) is 14.7 Å². The summed E-state index contributed by atoms with van der Waals surface area (Å²) >= 11 is 0. The zero-order valence-corrected chi connectivity index (χ0v) is 17.3. The van der Waals surface area contributed by atoms with E-state index in [1.807, 2.05) is 24.4 Å². The van der Waals surface area contributed by atoms with Crippen LogP contribution in [-0.2, 0) is 17.8 Å². The first-order valence-electron chi connectivity index (χ1n) is 9.82. The van der Waals surface area contributed by atoms with Gasteiger partial charge in [-0.1, -0.05) is 6.07 Å². The maximum absolute atomic E-state index is 12.6. The molecule has 7 heteroatoms. The number of amides is 1. The summed E-state index contributed by atoms with van der Waals surface area (Å²) in [6.07, 6.45) is 5.86. The Hall–Kier alpha value is -2.80. The van der Waals surface area contributed by atoms with E-state index in [1.165, 1.54) is 5.56 Å². The first kappa shape index (κ1) is 20.9. The number of rotatable bonds is 8. The third kappa shape index (κ3) is 5.60. The lowest BCUT2D eigenvalue weighted by Gasteiger charge is -2.32. The van der Waals surface area contributed by atoms with Crippen LogP contribution in [0.4, 0.5) is 0 Å². The Labute approximate surface area is 172 Å². The van der Waals surface area contributed by atoms with Crippen molar-refractivity contribution in [2.24, 2.45) is 0 Å². The van der Waals surface area contributed by atoms with E-state index in [2.05, 4.69) is 21.3 Å². The molecule has 1 amide bonds. The summed E-state index contributed by atoms with van der Waals surface area (Å²) in [6, 6.07) is 7.90. The molecule has 7 nitrogen and oxygen atoms in total. The molecule has 0 atom stereocenters. The van der Waals surface area contributed by atoms with Crippen LogP contribution in [-0.4, -0.2) is 56.3 Å². The second kappa shape index (κ2) is 10.1. The molecular weight excluding hydrogens is 370 g/mol. The van der Waals surface area contributed by atoms with E-state index in [4.69, 9.17) is 14.2 Å². The Bertz CT molecular complexity index is 780. The Balaban J connectivity index is 1.51. The predicted molar refractivity (Wildman–Crippen MR) is 110 cm³/mol. The molecule has 0 unspecified atom stereocenters. The van der Waals surface area contributed by atoms with Crippen LogP contribution in [0.3, 0.4) is 0 Å². The average Bonchev–Trinajstić information content (AvgIpc) is 2.75. The standard InChI is InChI=1S/C22H29N3O4/c1-27-19-11-17(12-20(28-2)22(19)29-3)13-21(26)24-18-6-9-25(10-7-18)15-16-5-4-8-23-14-16/h4-5,8,11-12,14,18H,6-7,9-10,13,15H2,1-3H3,(H,24,26). The van der Waals surface area contributed by atoms with Gasteiger partial charge in [0.2, 0.25) is 11.7 Å². The molecule has 29 heavy (non-hydrogen) atoms. The molecule has 1 aromatic heterocycles. The molecule has 1 aromatic carbocycles. The van der Waals surface area contributed by atoms with Crippen LogP contribution >= 0.6 is 0 Å². The van der Waals surface area contributed by atoms with Gasteiger partial charge in [0, 0.05) is 38.1 Å². The molecule has 1 aliphatic rings. The highest BCUT2D eigenvalue weighted by atomic mass is 16.5. The van der Waals surface area contributed by atoms with Gasteiger partial charge >= 0.3 is 0 Å². The lowest BCUT2D eigenvalue weighted by atomic mass is 10.0. The number of likely N-dealkylation sites (tertiary alicyclic amines) is 1. The van der Waals surface area contributed by atoms with E-state index >= 15 is 0 Å². The van der Waals surface area contributed by atoms with Crippen LogP contribution < -0.4 is 19.5 Å². The third-order valence-electron chi connectivity index (χ3n) is 5.17. The number of hydrogen-bond donors (Lipinski definition) is 1. The van der Waals surface area contributed by atoms with E-state index in [1.54, 1.807) is 27.5 Å². The SMILES string of the molecule is COc1cc(CC(=O)NC2CCN(Cc3cccnc3)CC2)cc(OC)c1OC. The van der Waals surface area contributed by atoms with Crippen molar-refractivity contribution in [2.75, 3.05) is 34.4 Å². The smallest absolute Gasteiger partial charge is 0.224 e. The summed E-state index contributed by atoms with van der Waals surface area (Å²) < 4.78 is 16.1. The molecule has 0 radical (unpaired) electrons.